The number of aromatic nitrogens is 2. The van der Waals surface area contributed by atoms with Crippen LogP contribution in [0.4, 0.5) is 15.9 Å². The van der Waals surface area contributed by atoms with Crippen LogP contribution in [-0.2, 0) is 6.42 Å². The van der Waals surface area contributed by atoms with Crippen LogP contribution in [0.15, 0.2) is 24.5 Å². The Hall–Kier alpha value is -2.37. The monoisotopic (exact) mass is 276 g/mol. The van der Waals surface area contributed by atoms with Gasteiger partial charge in [0.25, 0.3) is 0 Å². The predicted molar refractivity (Wildman–Crippen MR) is 76.3 cm³/mol. The number of hydrogen-bond donors (Lipinski definition) is 2. The normalized spacial score (nSPS) is 10.3. The van der Waals surface area contributed by atoms with Gasteiger partial charge in [-0.05, 0) is 36.6 Å². The van der Waals surface area contributed by atoms with Crippen molar-refractivity contribution in [1.82, 2.24) is 9.97 Å². The summed E-state index contributed by atoms with van der Waals surface area (Å²) in [5, 5.41) is 3.13. The van der Waals surface area contributed by atoms with Gasteiger partial charge in [0.2, 0.25) is 5.88 Å². The second kappa shape index (κ2) is 6.18. The van der Waals surface area contributed by atoms with Crippen molar-refractivity contribution in [1.29, 1.82) is 0 Å². The van der Waals surface area contributed by atoms with Crippen LogP contribution in [0, 0.1) is 12.7 Å². The van der Waals surface area contributed by atoms with E-state index >= 15 is 0 Å². The lowest BCUT2D eigenvalue weighted by Crippen LogP contribution is -2.10. The molecule has 0 aliphatic heterocycles. The maximum Gasteiger partial charge on any atom is 0.242 e. The molecule has 1 heterocycles. The molecule has 0 amide bonds. The average molecular weight is 276 g/mol. The Kier molecular flexibility index (Phi) is 4.34. The number of nitrogens with two attached hydrogens (primary N) is 1. The zero-order valence-corrected chi connectivity index (χ0v) is 11.5. The highest BCUT2D eigenvalue weighted by atomic mass is 19.1. The van der Waals surface area contributed by atoms with E-state index in [4.69, 9.17) is 10.5 Å². The first kappa shape index (κ1) is 14.0. The molecule has 5 nitrogen and oxygen atoms in total. The van der Waals surface area contributed by atoms with Crippen molar-refractivity contribution < 1.29 is 9.13 Å². The predicted octanol–water partition coefficient (Wildman–Crippen LogP) is 2.17. The lowest BCUT2D eigenvalue weighted by atomic mass is 10.1. The number of anilines is 2. The van der Waals surface area contributed by atoms with E-state index in [1.165, 1.54) is 25.6 Å². The zero-order chi connectivity index (χ0) is 14.5. The molecule has 0 atom stereocenters. The van der Waals surface area contributed by atoms with E-state index in [2.05, 4.69) is 15.3 Å². The Morgan fingerprint density at radius 2 is 2.15 bits per heavy atom. The highest BCUT2D eigenvalue weighted by Crippen LogP contribution is 2.23. The van der Waals surface area contributed by atoms with Crippen molar-refractivity contribution in [3.05, 3.63) is 41.5 Å². The van der Waals surface area contributed by atoms with E-state index in [0.29, 0.717) is 23.9 Å². The summed E-state index contributed by atoms with van der Waals surface area (Å²) in [6.07, 6.45) is 2.14. The van der Waals surface area contributed by atoms with Crippen molar-refractivity contribution in [3.63, 3.8) is 0 Å². The van der Waals surface area contributed by atoms with E-state index in [1.54, 1.807) is 6.07 Å². The SMILES string of the molecule is COc1ncnc(NCCc2ccc(F)cc2C)c1N. The van der Waals surface area contributed by atoms with Gasteiger partial charge >= 0.3 is 0 Å². The maximum atomic E-state index is 13.0. The minimum absolute atomic E-state index is 0.219. The van der Waals surface area contributed by atoms with Crippen molar-refractivity contribution in [2.24, 2.45) is 0 Å². The van der Waals surface area contributed by atoms with Gasteiger partial charge in [0.05, 0.1) is 7.11 Å². The number of methoxy groups -OCH3 is 1. The molecule has 0 fully saturated rings. The summed E-state index contributed by atoms with van der Waals surface area (Å²) in [5.41, 5.74) is 8.25. The van der Waals surface area contributed by atoms with Crippen LogP contribution < -0.4 is 15.8 Å². The standard InChI is InChI=1S/C14H17FN4O/c1-9-7-11(15)4-3-10(9)5-6-17-13-12(16)14(20-2)19-8-18-13/h3-4,7-8H,5-6,16H2,1-2H3,(H,17,18,19). The quantitative estimate of drug-likeness (QED) is 0.875. The number of ether oxygens (including phenoxy) is 1. The van der Waals surface area contributed by atoms with Crippen LogP contribution in [0.5, 0.6) is 5.88 Å². The molecule has 106 valence electrons. The first-order valence-corrected chi connectivity index (χ1v) is 6.25. The Morgan fingerprint density at radius 1 is 1.35 bits per heavy atom. The van der Waals surface area contributed by atoms with Crippen LogP contribution in [-0.4, -0.2) is 23.6 Å². The molecule has 0 saturated heterocycles. The van der Waals surface area contributed by atoms with Crippen molar-refractivity contribution >= 4 is 11.5 Å². The van der Waals surface area contributed by atoms with E-state index in [-0.39, 0.29) is 5.82 Å². The summed E-state index contributed by atoms with van der Waals surface area (Å²) in [6.45, 7) is 2.53. The average Bonchev–Trinajstić information content (AvgIpc) is 2.43. The number of aryl methyl sites for hydroxylation is 1. The molecule has 1 aromatic carbocycles. The fourth-order valence-electron chi connectivity index (χ4n) is 1.94. The van der Waals surface area contributed by atoms with E-state index < -0.39 is 0 Å². The number of nitrogens with zero attached hydrogens (tertiary/aromatic N) is 2. The number of rotatable bonds is 5. The molecular weight excluding hydrogens is 259 g/mol. The fraction of sp³-hybridized carbons (Fsp3) is 0.286. The molecule has 0 saturated carbocycles. The first-order valence-electron chi connectivity index (χ1n) is 6.25. The summed E-state index contributed by atoms with van der Waals surface area (Å²) < 4.78 is 18.0. The van der Waals surface area contributed by atoms with Gasteiger partial charge in [0.15, 0.2) is 5.82 Å². The number of benzene rings is 1. The molecule has 3 N–H and O–H groups in total. The summed E-state index contributed by atoms with van der Waals surface area (Å²) >= 11 is 0. The molecule has 0 spiro atoms. The molecule has 20 heavy (non-hydrogen) atoms. The summed E-state index contributed by atoms with van der Waals surface area (Å²) in [4.78, 5) is 7.97. The molecule has 0 aliphatic rings. The molecule has 1 aromatic heterocycles. The maximum absolute atomic E-state index is 13.0. The molecule has 2 aromatic rings. The van der Waals surface area contributed by atoms with Crippen LogP contribution in [0.1, 0.15) is 11.1 Å². The molecule has 0 bridgehead atoms. The van der Waals surface area contributed by atoms with Crippen LogP contribution in [0.25, 0.3) is 0 Å². The van der Waals surface area contributed by atoms with E-state index in [9.17, 15) is 4.39 Å². The first-order chi connectivity index (χ1) is 9.61. The van der Waals surface area contributed by atoms with Gasteiger partial charge in [-0.2, -0.15) is 4.98 Å². The van der Waals surface area contributed by atoms with Crippen molar-refractivity contribution in [2.45, 2.75) is 13.3 Å². The molecule has 0 radical (unpaired) electrons. The van der Waals surface area contributed by atoms with E-state index in [1.807, 2.05) is 6.92 Å². The Balaban J connectivity index is 1.99. The highest BCUT2D eigenvalue weighted by Gasteiger charge is 2.07. The molecule has 6 heteroatoms. The van der Waals surface area contributed by atoms with Gasteiger partial charge in [-0.3, -0.25) is 0 Å². The van der Waals surface area contributed by atoms with Gasteiger partial charge in [0, 0.05) is 6.54 Å². The second-order valence-electron chi connectivity index (χ2n) is 4.39. The second-order valence-corrected chi connectivity index (χ2v) is 4.39. The number of hydrogen-bond acceptors (Lipinski definition) is 5. The third-order valence-electron chi connectivity index (χ3n) is 3.03. The molecule has 0 unspecified atom stereocenters. The zero-order valence-electron chi connectivity index (χ0n) is 11.5. The minimum Gasteiger partial charge on any atom is -0.479 e. The van der Waals surface area contributed by atoms with Gasteiger partial charge in [0.1, 0.15) is 17.8 Å². The Morgan fingerprint density at radius 3 is 2.85 bits per heavy atom. The molecule has 0 aliphatic carbocycles. The van der Waals surface area contributed by atoms with Gasteiger partial charge in [-0.15, -0.1) is 0 Å². The summed E-state index contributed by atoms with van der Waals surface area (Å²) in [5.74, 6) is 0.668. The largest absolute Gasteiger partial charge is 0.479 e. The van der Waals surface area contributed by atoms with E-state index in [0.717, 1.165) is 17.5 Å². The fourth-order valence-corrected chi connectivity index (χ4v) is 1.94. The lowest BCUT2D eigenvalue weighted by molar-refractivity contribution is 0.399. The summed E-state index contributed by atoms with van der Waals surface area (Å²) in [7, 11) is 1.50. The third kappa shape index (κ3) is 3.14. The number of nitrogens with one attached hydrogen (secondary N) is 1. The smallest absolute Gasteiger partial charge is 0.242 e. The number of nitrogen functional groups attached to an aromatic ring is 1. The van der Waals surface area contributed by atoms with Crippen molar-refractivity contribution in [2.75, 3.05) is 24.7 Å². The van der Waals surface area contributed by atoms with Gasteiger partial charge in [-0.1, -0.05) is 6.07 Å². The third-order valence-corrected chi connectivity index (χ3v) is 3.03. The topological polar surface area (TPSA) is 73.1 Å². The molecular formula is C14H17FN4O. The Labute approximate surface area is 117 Å². The lowest BCUT2D eigenvalue weighted by Gasteiger charge is -2.11. The van der Waals surface area contributed by atoms with Gasteiger partial charge in [-0.25, -0.2) is 9.37 Å². The van der Waals surface area contributed by atoms with Crippen LogP contribution in [0.2, 0.25) is 0 Å². The van der Waals surface area contributed by atoms with Crippen molar-refractivity contribution in [3.8, 4) is 5.88 Å². The molecule has 2 rings (SSSR count). The van der Waals surface area contributed by atoms with Gasteiger partial charge < -0.3 is 15.8 Å². The minimum atomic E-state index is -0.219. The van der Waals surface area contributed by atoms with Crippen LogP contribution >= 0.6 is 0 Å². The summed E-state index contributed by atoms with van der Waals surface area (Å²) in [6, 6.07) is 4.78. The van der Waals surface area contributed by atoms with Crippen LogP contribution in [0.3, 0.4) is 0 Å². The highest BCUT2D eigenvalue weighted by molar-refractivity contribution is 5.66. The Bertz CT molecular complexity index is 604. The number of halogens is 1.